The number of amides is 1. The van der Waals surface area contributed by atoms with Crippen LogP contribution in [-0.2, 0) is 10.0 Å². The Hall–Kier alpha value is -2.45. The van der Waals surface area contributed by atoms with Gasteiger partial charge >= 0.3 is 0 Å². The number of pyridine rings is 1. The summed E-state index contributed by atoms with van der Waals surface area (Å²) in [4.78, 5) is 18.7. The first-order valence-electron chi connectivity index (χ1n) is 8.88. The minimum absolute atomic E-state index is 0.0650. The summed E-state index contributed by atoms with van der Waals surface area (Å²) >= 11 is 0. The highest BCUT2D eigenvalue weighted by Crippen LogP contribution is 2.26. The van der Waals surface area contributed by atoms with Crippen molar-refractivity contribution < 1.29 is 13.2 Å². The molecular formula is C19H24N4O3S. The molecule has 0 aliphatic carbocycles. The highest BCUT2D eigenvalue weighted by atomic mass is 32.2. The van der Waals surface area contributed by atoms with Crippen LogP contribution in [0.25, 0.3) is 0 Å². The van der Waals surface area contributed by atoms with Gasteiger partial charge in [0.25, 0.3) is 5.91 Å². The molecule has 1 atom stereocenters. The lowest BCUT2D eigenvalue weighted by Crippen LogP contribution is -2.31. The molecule has 2 N–H and O–H groups in total. The number of hydrogen-bond acceptors (Lipinski definition) is 5. The number of hydrogen-bond donors (Lipinski definition) is 1. The number of carbonyl (C=O) groups excluding carboxylic acids is 1. The Morgan fingerprint density at radius 3 is 2.59 bits per heavy atom. The zero-order valence-electron chi connectivity index (χ0n) is 15.5. The van der Waals surface area contributed by atoms with Crippen LogP contribution in [0.1, 0.15) is 41.7 Å². The van der Waals surface area contributed by atoms with E-state index in [0.29, 0.717) is 13.1 Å². The molecule has 3 rings (SSSR count). The minimum Gasteiger partial charge on any atom is -0.399 e. The zero-order chi connectivity index (χ0) is 19.6. The number of nitrogens with two attached hydrogens (primary N) is 1. The molecule has 1 aliphatic heterocycles. The highest BCUT2D eigenvalue weighted by Gasteiger charge is 2.29. The zero-order valence-corrected chi connectivity index (χ0v) is 16.3. The largest absolute Gasteiger partial charge is 0.399 e. The molecule has 0 bridgehead atoms. The molecule has 0 saturated carbocycles. The number of nitrogens with zero attached hydrogens (tertiary/aromatic N) is 3. The predicted molar refractivity (Wildman–Crippen MR) is 104 cm³/mol. The predicted octanol–water partition coefficient (Wildman–Crippen LogP) is 2.28. The van der Waals surface area contributed by atoms with E-state index in [0.717, 1.165) is 18.4 Å². The number of carbonyl (C=O) groups is 1. The van der Waals surface area contributed by atoms with Gasteiger partial charge in [-0.1, -0.05) is 6.07 Å². The van der Waals surface area contributed by atoms with Crippen LogP contribution in [0.5, 0.6) is 0 Å². The molecule has 7 nitrogen and oxygen atoms in total. The van der Waals surface area contributed by atoms with E-state index >= 15 is 0 Å². The van der Waals surface area contributed by atoms with Gasteiger partial charge in [0.05, 0.1) is 10.9 Å². The molecule has 1 unspecified atom stereocenters. The lowest BCUT2D eigenvalue weighted by Gasteiger charge is -2.25. The summed E-state index contributed by atoms with van der Waals surface area (Å²) in [7, 11) is -1.96. The molecule has 2 aromatic rings. The van der Waals surface area contributed by atoms with Crippen LogP contribution in [0.3, 0.4) is 0 Å². The fourth-order valence-electron chi connectivity index (χ4n) is 3.20. The lowest BCUT2D eigenvalue weighted by atomic mass is 10.1. The van der Waals surface area contributed by atoms with E-state index in [-0.39, 0.29) is 28.1 Å². The number of anilines is 1. The van der Waals surface area contributed by atoms with E-state index < -0.39 is 10.0 Å². The molecule has 27 heavy (non-hydrogen) atoms. The summed E-state index contributed by atoms with van der Waals surface area (Å²) in [6.07, 6.45) is 5.07. The van der Waals surface area contributed by atoms with Gasteiger partial charge in [0, 0.05) is 43.8 Å². The lowest BCUT2D eigenvalue weighted by molar-refractivity contribution is 0.0742. The summed E-state index contributed by atoms with van der Waals surface area (Å²) in [6, 6.07) is 7.83. The summed E-state index contributed by atoms with van der Waals surface area (Å²) in [5, 5.41) is 0. The summed E-state index contributed by atoms with van der Waals surface area (Å²) < 4.78 is 27.1. The molecule has 1 fully saturated rings. The topological polar surface area (TPSA) is 96.6 Å². The van der Waals surface area contributed by atoms with Gasteiger partial charge in [0.1, 0.15) is 0 Å². The van der Waals surface area contributed by atoms with Crippen LogP contribution < -0.4 is 5.73 Å². The average molecular weight is 388 g/mol. The Morgan fingerprint density at radius 1 is 1.26 bits per heavy atom. The van der Waals surface area contributed by atoms with Crippen LogP contribution in [0, 0.1) is 0 Å². The van der Waals surface area contributed by atoms with Gasteiger partial charge in [0.15, 0.2) is 0 Å². The van der Waals surface area contributed by atoms with Crippen molar-refractivity contribution in [2.45, 2.75) is 30.7 Å². The van der Waals surface area contributed by atoms with Crippen molar-refractivity contribution in [3.63, 3.8) is 0 Å². The minimum atomic E-state index is -3.64. The summed E-state index contributed by atoms with van der Waals surface area (Å²) in [5.74, 6) is -0.295. The standard InChI is InChI=1S/C19H24N4O3S/c1-14(15-6-5-7-21-13-15)22(2)19(24)16-10-17(20)12-18(11-16)27(25,26)23-8-3-4-9-23/h5-7,10-14H,3-4,8-9,20H2,1-2H3. The Labute approximate surface area is 159 Å². The van der Waals surface area contributed by atoms with Gasteiger partial charge in [0.2, 0.25) is 10.0 Å². The average Bonchev–Trinajstić information content (AvgIpc) is 3.22. The van der Waals surface area contributed by atoms with Gasteiger partial charge in [-0.25, -0.2) is 8.42 Å². The van der Waals surface area contributed by atoms with Crippen molar-refractivity contribution in [2.75, 3.05) is 25.9 Å². The fraction of sp³-hybridized carbons (Fsp3) is 0.368. The number of aromatic nitrogens is 1. The molecular weight excluding hydrogens is 364 g/mol. The second kappa shape index (κ2) is 7.66. The number of benzene rings is 1. The van der Waals surface area contributed by atoms with Crippen LogP contribution in [0.2, 0.25) is 0 Å². The molecule has 144 valence electrons. The van der Waals surface area contributed by atoms with E-state index in [1.165, 1.54) is 22.5 Å². The number of nitrogen functional groups attached to an aromatic ring is 1. The summed E-state index contributed by atoms with van der Waals surface area (Å²) in [6.45, 7) is 2.89. The first kappa shape index (κ1) is 19.3. The maximum atomic E-state index is 13.0. The molecule has 1 aromatic carbocycles. The monoisotopic (exact) mass is 388 g/mol. The van der Waals surface area contributed by atoms with Gasteiger partial charge < -0.3 is 10.6 Å². The SMILES string of the molecule is CC(c1cccnc1)N(C)C(=O)c1cc(N)cc(S(=O)(=O)N2CCCC2)c1. The van der Waals surface area contributed by atoms with E-state index in [4.69, 9.17) is 5.73 Å². The van der Waals surface area contributed by atoms with E-state index in [9.17, 15) is 13.2 Å². The molecule has 0 radical (unpaired) electrons. The smallest absolute Gasteiger partial charge is 0.254 e. The Morgan fingerprint density at radius 2 is 1.96 bits per heavy atom. The highest BCUT2D eigenvalue weighted by molar-refractivity contribution is 7.89. The molecule has 1 aromatic heterocycles. The third kappa shape index (κ3) is 3.96. The van der Waals surface area contributed by atoms with Crippen molar-refractivity contribution in [3.8, 4) is 0 Å². The van der Waals surface area contributed by atoms with Gasteiger partial charge in [-0.05, 0) is 49.6 Å². The van der Waals surface area contributed by atoms with Crippen LogP contribution >= 0.6 is 0 Å². The Bertz CT molecular complexity index is 925. The first-order chi connectivity index (χ1) is 12.8. The molecule has 2 heterocycles. The van der Waals surface area contributed by atoms with Crippen molar-refractivity contribution in [1.29, 1.82) is 0 Å². The normalized spacial score (nSPS) is 16.2. The second-order valence-electron chi connectivity index (χ2n) is 6.78. The van der Waals surface area contributed by atoms with Crippen LogP contribution in [0.4, 0.5) is 5.69 Å². The van der Waals surface area contributed by atoms with Crippen molar-refractivity contribution >= 4 is 21.6 Å². The number of sulfonamides is 1. The van der Waals surface area contributed by atoms with Crippen LogP contribution in [0.15, 0.2) is 47.6 Å². The van der Waals surface area contributed by atoms with Crippen molar-refractivity contribution in [1.82, 2.24) is 14.2 Å². The van der Waals surface area contributed by atoms with Gasteiger partial charge in [-0.15, -0.1) is 0 Å². The second-order valence-corrected chi connectivity index (χ2v) is 8.72. The fourth-order valence-corrected chi connectivity index (χ4v) is 4.80. The van der Waals surface area contributed by atoms with Gasteiger partial charge in [-0.2, -0.15) is 4.31 Å². The maximum Gasteiger partial charge on any atom is 0.254 e. The third-order valence-corrected chi connectivity index (χ3v) is 6.82. The molecule has 0 spiro atoms. The maximum absolute atomic E-state index is 13.0. The van der Waals surface area contributed by atoms with Crippen molar-refractivity contribution in [3.05, 3.63) is 53.9 Å². The molecule has 1 amide bonds. The van der Waals surface area contributed by atoms with Gasteiger partial charge in [-0.3, -0.25) is 9.78 Å². The van der Waals surface area contributed by atoms with E-state index in [2.05, 4.69) is 4.98 Å². The summed E-state index contributed by atoms with van der Waals surface area (Å²) in [5.41, 5.74) is 7.31. The molecule has 1 saturated heterocycles. The molecule has 1 aliphatic rings. The Balaban J connectivity index is 1.90. The third-order valence-electron chi connectivity index (χ3n) is 4.95. The Kier molecular flexibility index (Phi) is 5.48. The van der Waals surface area contributed by atoms with E-state index in [1.54, 1.807) is 24.3 Å². The van der Waals surface area contributed by atoms with Crippen LogP contribution in [-0.4, -0.2) is 48.7 Å². The number of rotatable bonds is 5. The molecule has 8 heteroatoms. The van der Waals surface area contributed by atoms with E-state index in [1.807, 2.05) is 19.1 Å². The quantitative estimate of drug-likeness (QED) is 0.793. The first-order valence-corrected chi connectivity index (χ1v) is 10.3. The van der Waals surface area contributed by atoms with Crippen molar-refractivity contribution in [2.24, 2.45) is 0 Å².